The number of ether oxygens (including phenoxy) is 2. The topological polar surface area (TPSA) is 85.1 Å². The number of hydrogen-bond acceptors (Lipinski definition) is 7. The molecule has 0 bridgehead atoms. The van der Waals surface area contributed by atoms with Crippen LogP contribution < -0.4 is 9.47 Å². The summed E-state index contributed by atoms with van der Waals surface area (Å²) in [7, 11) is -0.667. The van der Waals surface area contributed by atoms with Gasteiger partial charge in [0, 0.05) is 38.3 Å². The first-order chi connectivity index (χ1) is 12.9. The molecule has 0 amide bonds. The number of benzene rings is 1. The summed E-state index contributed by atoms with van der Waals surface area (Å²) in [6.45, 7) is 4.81. The lowest BCUT2D eigenvalue weighted by Crippen LogP contribution is -2.35. The van der Waals surface area contributed by atoms with E-state index in [0.29, 0.717) is 31.9 Å². The fraction of sp³-hybridized carbons (Fsp3) is 0.500. The lowest BCUT2D eigenvalue weighted by Gasteiger charge is -2.22. The van der Waals surface area contributed by atoms with Gasteiger partial charge >= 0.3 is 0 Å². The van der Waals surface area contributed by atoms with Crippen LogP contribution >= 0.6 is 0 Å². The van der Waals surface area contributed by atoms with Gasteiger partial charge in [0.2, 0.25) is 10.0 Å². The fourth-order valence-corrected chi connectivity index (χ4v) is 4.80. The molecule has 0 aliphatic carbocycles. The van der Waals surface area contributed by atoms with Gasteiger partial charge in [0.15, 0.2) is 0 Å². The molecule has 0 unspecified atom stereocenters. The first-order valence-corrected chi connectivity index (χ1v) is 10.2. The molecule has 0 N–H and O–H groups in total. The van der Waals surface area contributed by atoms with Crippen molar-refractivity contribution in [3.8, 4) is 11.5 Å². The Morgan fingerprint density at radius 1 is 1.11 bits per heavy atom. The summed E-state index contributed by atoms with van der Waals surface area (Å²) >= 11 is 0. The molecule has 8 nitrogen and oxygen atoms in total. The number of aryl methyl sites for hydroxylation is 1. The molecule has 3 rings (SSSR count). The first kappa shape index (κ1) is 19.7. The van der Waals surface area contributed by atoms with Crippen molar-refractivity contribution in [2.45, 2.75) is 24.8 Å². The van der Waals surface area contributed by atoms with Gasteiger partial charge in [0.25, 0.3) is 0 Å². The Labute approximate surface area is 159 Å². The van der Waals surface area contributed by atoms with E-state index in [2.05, 4.69) is 10.1 Å². The number of hydrogen-bond donors (Lipinski definition) is 0. The highest BCUT2D eigenvalue weighted by molar-refractivity contribution is 7.89. The molecule has 2 heterocycles. The maximum absolute atomic E-state index is 13.1. The van der Waals surface area contributed by atoms with Crippen molar-refractivity contribution < 1.29 is 22.4 Å². The predicted octanol–water partition coefficient (Wildman–Crippen LogP) is 1.90. The average Bonchev–Trinajstić information content (AvgIpc) is 2.92. The molecule has 0 spiro atoms. The second-order valence-electron chi connectivity index (χ2n) is 6.48. The zero-order valence-corrected chi connectivity index (χ0v) is 16.7. The van der Waals surface area contributed by atoms with Gasteiger partial charge in [-0.2, -0.15) is 4.31 Å². The highest BCUT2D eigenvalue weighted by Gasteiger charge is 2.30. The largest absolute Gasteiger partial charge is 0.497 e. The van der Waals surface area contributed by atoms with Crippen LogP contribution in [-0.4, -0.2) is 63.2 Å². The summed E-state index contributed by atoms with van der Waals surface area (Å²) in [5.74, 6) is 1.61. The Balaban J connectivity index is 1.74. The van der Waals surface area contributed by atoms with Crippen LogP contribution in [0.25, 0.3) is 0 Å². The quantitative estimate of drug-likeness (QED) is 0.738. The van der Waals surface area contributed by atoms with Crippen molar-refractivity contribution in [2.75, 3.05) is 40.4 Å². The van der Waals surface area contributed by atoms with E-state index in [1.54, 1.807) is 12.1 Å². The molecule has 9 heteroatoms. The Hall–Kier alpha value is -2.10. The molecule has 1 aliphatic heterocycles. The minimum atomic E-state index is -3.65. The van der Waals surface area contributed by atoms with Crippen LogP contribution in [0, 0.1) is 6.92 Å². The molecule has 2 aromatic rings. The van der Waals surface area contributed by atoms with Gasteiger partial charge in [-0.15, -0.1) is 0 Å². The molecule has 1 aromatic heterocycles. The minimum Gasteiger partial charge on any atom is -0.497 e. The van der Waals surface area contributed by atoms with E-state index in [1.165, 1.54) is 24.6 Å². The minimum absolute atomic E-state index is 0.159. The van der Waals surface area contributed by atoms with Crippen LogP contribution in [0.2, 0.25) is 0 Å². The zero-order chi connectivity index (χ0) is 19.4. The third-order valence-corrected chi connectivity index (χ3v) is 6.54. The van der Waals surface area contributed by atoms with E-state index in [1.807, 2.05) is 13.0 Å². The van der Waals surface area contributed by atoms with E-state index in [-0.39, 0.29) is 10.6 Å². The molecule has 27 heavy (non-hydrogen) atoms. The molecule has 1 fully saturated rings. The van der Waals surface area contributed by atoms with E-state index in [9.17, 15) is 8.42 Å². The molecule has 0 radical (unpaired) electrons. The van der Waals surface area contributed by atoms with E-state index >= 15 is 0 Å². The second kappa shape index (κ2) is 8.28. The molecule has 0 atom stereocenters. The Kier molecular flexibility index (Phi) is 6.03. The monoisotopic (exact) mass is 395 g/mol. The van der Waals surface area contributed by atoms with E-state index < -0.39 is 10.0 Å². The summed E-state index contributed by atoms with van der Waals surface area (Å²) in [5.41, 5.74) is 0.862. The van der Waals surface area contributed by atoms with Crippen LogP contribution in [0.4, 0.5) is 0 Å². The number of sulfonamides is 1. The molecule has 0 saturated carbocycles. The van der Waals surface area contributed by atoms with Gasteiger partial charge in [-0.3, -0.25) is 4.90 Å². The molecule has 148 valence electrons. The zero-order valence-electron chi connectivity index (χ0n) is 15.8. The second-order valence-corrected chi connectivity index (χ2v) is 8.39. The highest BCUT2D eigenvalue weighted by Crippen LogP contribution is 2.31. The van der Waals surface area contributed by atoms with E-state index in [0.717, 1.165) is 24.4 Å². The smallest absolute Gasteiger partial charge is 0.246 e. The third-order valence-electron chi connectivity index (χ3n) is 4.60. The summed E-state index contributed by atoms with van der Waals surface area (Å²) in [5, 5.41) is 4.02. The Morgan fingerprint density at radius 2 is 1.93 bits per heavy atom. The van der Waals surface area contributed by atoms with Crippen LogP contribution in [-0.2, 0) is 16.6 Å². The van der Waals surface area contributed by atoms with Crippen LogP contribution in [0.3, 0.4) is 0 Å². The van der Waals surface area contributed by atoms with Crippen molar-refractivity contribution in [2.24, 2.45) is 0 Å². The SMILES string of the molecule is COc1ccc(S(=O)(=O)N2CCCN(Cc3cc(C)on3)CC2)c(OC)c1. The van der Waals surface area contributed by atoms with Crippen LogP contribution in [0.1, 0.15) is 17.9 Å². The normalized spacial score (nSPS) is 16.9. The number of nitrogens with zero attached hydrogens (tertiary/aromatic N) is 3. The lowest BCUT2D eigenvalue weighted by atomic mass is 10.3. The van der Waals surface area contributed by atoms with Crippen molar-refractivity contribution >= 4 is 10.0 Å². The number of methoxy groups -OCH3 is 2. The summed E-state index contributed by atoms with van der Waals surface area (Å²) < 4.78 is 43.4. The molecule has 1 aliphatic rings. The highest BCUT2D eigenvalue weighted by atomic mass is 32.2. The average molecular weight is 395 g/mol. The van der Waals surface area contributed by atoms with E-state index in [4.69, 9.17) is 14.0 Å². The maximum Gasteiger partial charge on any atom is 0.246 e. The Bertz CT molecular complexity index is 881. The number of rotatable bonds is 6. The van der Waals surface area contributed by atoms with Gasteiger partial charge < -0.3 is 14.0 Å². The molecule has 1 aromatic carbocycles. The van der Waals surface area contributed by atoms with Gasteiger partial charge in [0.05, 0.1) is 19.9 Å². The van der Waals surface area contributed by atoms with Gasteiger partial charge in [-0.1, -0.05) is 5.16 Å². The maximum atomic E-state index is 13.1. The Morgan fingerprint density at radius 3 is 2.59 bits per heavy atom. The molecular weight excluding hydrogens is 370 g/mol. The van der Waals surface area contributed by atoms with Crippen molar-refractivity contribution in [1.82, 2.24) is 14.4 Å². The van der Waals surface area contributed by atoms with Crippen LogP contribution in [0.15, 0.2) is 33.7 Å². The van der Waals surface area contributed by atoms with Gasteiger partial charge in [-0.25, -0.2) is 8.42 Å². The lowest BCUT2D eigenvalue weighted by molar-refractivity contribution is 0.268. The van der Waals surface area contributed by atoms with Crippen LogP contribution in [0.5, 0.6) is 11.5 Å². The summed E-state index contributed by atoms with van der Waals surface area (Å²) in [4.78, 5) is 2.35. The van der Waals surface area contributed by atoms with Crippen molar-refractivity contribution in [3.63, 3.8) is 0 Å². The molecular formula is C18H25N3O5S. The first-order valence-electron chi connectivity index (χ1n) is 8.81. The summed E-state index contributed by atoms with van der Waals surface area (Å²) in [6, 6.07) is 6.66. The summed E-state index contributed by atoms with van der Waals surface area (Å²) in [6.07, 6.45) is 0.745. The standard InChI is InChI=1S/C18H25N3O5S/c1-14-11-15(19-26-14)13-20-7-4-8-21(10-9-20)27(22,23)18-6-5-16(24-2)12-17(18)25-3/h5-6,11-12H,4,7-10,13H2,1-3H3. The predicted molar refractivity (Wildman–Crippen MR) is 99.4 cm³/mol. The fourth-order valence-electron chi connectivity index (χ4n) is 3.19. The molecule has 1 saturated heterocycles. The van der Waals surface area contributed by atoms with Gasteiger partial charge in [0.1, 0.15) is 22.2 Å². The van der Waals surface area contributed by atoms with Crippen molar-refractivity contribution in [1.29, 1.82) is 0 Å². The number of aromatic nitrogens is 1. The van der Waals surface area contributed by atoms with Gasteiger partial charge in [-0.05, 0) is 32.0 Å². The third kappa shape index (κ3) is 4.42. The van der Waals surface area contributed by atoms with Crippen molar-refractivity contribution in [3.05, 3.63) is 35.7 Å².